The van der Waals surface area contributed by atoms with E-state index in [1.807, 2.05) is 0 Å². The van der Waals surface area contributed by atoms with Crippen molar-refractivity contribution < 1.29 is 9.28 Å². The van der Waals surface area contributed by atoms with Gasteiger partial charge in [0.05, 0.1) is 12.7 Å². The number of nitrogens with one attached hydrogen (secondary N) is 2. The fourth-order valence-corrected chi connectivity index (χ4v) is 4.87. The summed E-state index contributed by atoms with van der Waals surface area (Å²) in [5.41, 5.74) is 0. The molecule has 0 saturated carbocycles. The molecule has 0 fully saturated rings. The van der Waals surface area contributed by atoms with Crippen molar-refractivity contribution in [2.75, 3.05) is 6.54 Å². The zero-order valence-electron chi connectivity index (χ0n) is 21.1. The lowest BCUT2D eigenvalue weighted by molar-refractivity contribution is -0.923. The molecule has 2 N–H and O–H groups in total. The maximum atomic E-state index is 11.5. The van der Waals surface area contributed by atoms with Crippen LogP contribution in [0.25, 0.3) is 0 Å². The van der Waals surface area contributed by atoms with Gasteiger partial charge in [0, 0.05) is 20.3 Å². The Morgan fingerprint density at radius 2 is 1.48 bits per heavy atom. The number of hydrogen-bond acceptors (Lipinski definition) is 2. The number of amides is 1. The van der Waals surface area contributed by atoms with E-state index in [1.165, 1.54) is 96.3 Å². The van der Waals surface area contributed by atoms with E-state index in [2.05, 4.69) is 56.0 Å². The number of hydrogen-bond donors (Lipinski definition) is 2. The van der Waals surface area contributed by atoms with Crippen LogP contribution in [0, 0.1) is 0 Å². The Morgan fingerprint density at radius 1 is 0.935 bits per heavy atom. The minimum atomic E-state index is 0.0528. The van der Waals surface area contributed by atoms with E-state index < -0.39 is 0 Å². The highest BCUT2D eigenvalue weighted by Gasteiger charge is 2.41. The Labute approximate surface area is 193 Å². The molecule has 3 unspecified atom stereocenters. The van der Waals surface area contributed by atoms with Gasteiger partial charge >= 0.3 is 0 Å². The van der Waals surface area contributed by atoms with Crippen LogP contribution in [0.4, 0.5) is 0 Å². The van der Waals surface area contributed by atoms with Crippen LogP contribution in [0.1, 0.15) is 124 Å². The monoisotopic (exact) mass is 434 g/mol. The van der Waals surface area contributed by atoms with Crippen molar-refractivity contribution in [3.8, 4) is 0 Å². The first-order chi connectivity index (χ1) is 15.1. The first-order valence-corrected chi connectivity index (χ1v) is 13.3. The molecule has 1 rings (SSSR count). The maximum Gasteiger partial charge on any atom is 0.221 e. The molecule has 0 aromatic carbocycles. The molecule has 0 saturated heterocycles. The van der Waals surface area contributed by atoms with Gasteiger partial charge < -0.3 is 10.6 Å². The molecule has 3 atom stereocenters. The van der Waals surface area contributed by atoms with Crippen LogP contribution in [0.2, 0.25) is 0 Å². The molecule has 1 aliphatic heterocycles. The third-order valence-corrected chi connectivity index (χ3v) is 6.87. The van der Waals surface area contributed by atoms with Gasteiger partial charge in [0.25, 0.3) is 0 Å². The Hall–Kier alpha value is -1.29. The van der Waals surface area contributed by atoms with Crippen molar-refractivity contribution in [2.45, 2.75) is 136 Å². The fraction of sp³-hybridized carbons (Fsp3) is 0.815. The molecule has 180 valence electrons. The van der Waals surface area contributed by atoms with Crippen molar-refractivity contribution >= 4 is 5.91 Å². The molecular formula is C27H52N3O+. The van der Waals surface area contributed by atoms with Crippen LogP contribution in [-0.2, 0) is 4.79 Å². The van der Waals surface area contributed by atoms with Gasteiger partial charge in [0.1, 0.15) is 6.20 Å². The first-order valence-electron chi connectivity index (χ1n) is 13.3. The second-order valence-corrected chi connectivity index (χ2v) is 9.41. The van der Waals surface area contributed by atoms with Crippen molar-refractivity contribution in [1.82, 2.24) is 10.6 Å². The second-order valence-electron chi connectivity index (χ2n) is 9.41. The van der Waals surface area contributed by atoms with Crippen molar-refractivity contribution in [1.29, 1.82) is 0 Å². The minimum absolute atomic E-state index is 0.0528. The van der Waals surface area contributed by atoms with Crippen molar-refractivity contribution in [3.63, 3.8) is 0 Å². The van der Waals surface area contributed by atoms with Gasteiger partial charge in [0.2, 0.25) is 5.91 Å². The van der Waals surface area contributed by atoms with Crippen LogP contribution in [-0.4, -0.2) is 29.3 Å². The maximum absolute atomic E-state index is 11.5. The van der Waals surface area contributed by atoms with Gasteiger partial charge in [-0.1, -0.05) is 83.3 Å². The number of carbonyl (C=O) groups excluding carboxylic acids is 1. The predicted octanol–water partition coefficient (Wildman–Crippen LogP) is 7.13. The van der Waals surface area contributed by atoms with E-state index >= 15 is 0 Å². The summed E-state index contributed by atoms with van der Waals surface area (Å²) < 4.78 is 0.814. The van der Waals surface area contributed by atoms with E-state index in [1.54, 1.807) is 6.92 Å². The van der Waals surface area contributed by atoms with Gasteiger partial charge in [-0.15, -0.1) is 0 Å². The van der Waals surface area contributed by atoms with Gasteiger partial charge in [-0.3, -0.25) is 9.28 Å². The van der Waals surface area contributed by atoms with E-state index in [0.717, 1.165) is 11.0 Å². The van der Waals surface area contributed by atoms with E-state index in [0.29, 0.717) is 6.17 Å². The lowest BCUT2D eigenvalue weighted by atomic mass is 10.0. The number of quaternary nitrogens is 1. The molecule has 0 radical (unpaired) electrons. The number of allylic oxidation sites excluding steroid dienone is 2. The van der Waals surface area contributed by atoms with Crippen LogP contribution in [0.3, 0.4) is 0 Å². The minimum Gasteiger partial charge on any atom is -0.338 e. The van der Waals surface area contributed by atoms with Crippen LogP contribution < -0.4 is 10.6 Å². The van der Waals surface area contributed by atoms with Crippen LogP contribution >= 0.6 is 0 Å². The number of rotatable bonds is 19. The zero-order valence-corrected chi connectivity index (χ0v) is 21.1. The van der Waals surface area contributed by atoms with Gasteiger partial charge in [0.15, 0.2) is 12.3 Å². The van der Waals surface area contributed by atoms with Crippen molar-refractivity contribution in [3.05, 3.63) is 24.6 Å². The molecule has 0 bridgehead atoms. The first kappa shape index (κ1) is 27.7. The highest BCUT2D eigenvalue weighted by molar-refractivity contribution is 5.72. The fourth-order valence-electron chi connectivity index (χ4n) is 4.87. The molecule has 4 nitrogen and oxygen atoms in total. The summed E-state index contributed by atoms with van der Waals surface area (Å²) in [4.78, 5) is 11.5. The summed E-state index contributed by atoms with van der Waals surface area (Å²) in [7, 11) is 0. The topological polar surface area (TPSA) is 41.1 Å². The van der Waals surface area contributed by atoms with Gasteiger partial charge in [-0.2, -0.15) is 0 Å². The van der Waals surface area contributed by atoms with E-state index in [4.69, 9.17) is 0 Å². The lowest BCUT2D eigenvalue weighted by Crippen LogP contribution is -2.62. The summed E-state index contributed by atoms with van der Waals surface area (Å²) in [6.07, 6.45) is 29.6. The Morgan fingerprint density at radius 3 is 2.03 bits per heavy atom. The molecule has 31 heavy (non-hydrogen) atoms. The summed E-state index contributed by atoms with van der Waals surface area (Å²) in [6, 6.07) is 0. The molecule has 0 spiro atoms. The zero-order chi connectivity index (χ0) is 22.8. The quantitative estimate of drug-likeness (QED) is 0.129. The largest absolute Gasteiger partial charge is 0.338 e. The Kier molecular flexibility index (Phi) is 15.5. The van der Waals surface area contributed by atoms with E-state index in [-0.39, 0.29) is 12.1 Å². The number of unbranched alkanes of at least 4 members (excludes halogenated alkanes) is 12. The number of carbonyl (C=O) groups is 1. The summed E-state index contributed by atoms with van der Waals surface area (Å²) in [6.45, 7) is 9.18. The third kappa shape index (κ3) is 11.2. The summed E-state index contributed by atoms with van der Waals surface area (Å²) >= 11 is 0. The Balaban J connectivity index is 2.01. The molecule has 1 heterocycles. The lowest BCUT2D eigenvalue weighted by Gasteiger charge is -2.41. The van der Waals surface area contributed by atoms with Gasteiger partial charge in [-0.25, -0.2) is 0 Å². The van der Waals surface area contributed by atoms with E-state index in [9.17, 15) is 4.79 Å². The molecule has 0 aromatic heterocycles. The van der Waals surface area contributed by atoms with Crippen molar-refractivity contribution in [2.24, 2.45) is 0 Å². The smallest absolute Gasteiger partial charge is 0.221 e. The predicted molar refractivity (Wildman–Crippen MR) is 134 cm³/mol. The molecule has 0 aromatic rings. The second kappa shape index (κ2) is 17.3. The Bertz CT molecular complexity index is 517. The highest BCUT2D eigenvalue weighted by atomic mass is 16.1. The molecule has 1 aliphatic rings. The highest BCUT2D eigenvalue weighted by Crippen LogP contribution is 2.26. The summed E-state index contributed by atoms with van der Waals surface area (Å²) in [5, 5.41) is 6.64. The average Bonchev–Trinajstić information content (AvgIpc) is 3.17. The number of nitrogens with zero attached hydrogens (tertiary/aromatic N) is 1. The molecule has 0 aliphatic carbocycles. The summed E-state index contributed by atoms with van der Waals surface area (Å²) in [5.74, 6) is 0.0528. The van der Waals surface area contributed by atoms with Gasteiger partial charge in [-0.05, 0) is 32.6 Å². The standard InChI is InChI=1S/C27H51N3O/c1-5-7-8-9-10-11-12-13-14-15-16-17-18-19-20-21-22-27-28-23-24-30(27,6-2)25(3)29-26(4)31/h8-9,23-25,27-28H,5-7,10-22H2,1-4H3/p+1/b9-8+. The molecular weight excluding hydrogens is 382 g/mol. The molecule has 4 heteroatoms. The SMILES string of the molecule is CCC/C=C/CCCCCCCCCCCCCC1NC=C[N+]1(CC)C(C)NC(C)=O. The van der Waals surface area contributed by atoms with Crippen LogP contribution in [0.15, 0.2) is 24.6 Å². The third-order valence-electron chi connectivity index (χ3n) is 6.87. The average molecular weight is 435 g/mol. The molecule has 1 amide bonds. The normalized spacial score (nSPS) is 21.5. The van der Waals surface area contributed by atoms with Crippen LogP contribution in [0.5, 0.6) is 0 Å².